The van der Waals surface area contributed by atoms with Gasteiger partial charge in [-0.1, -0.05) is 0 Å². The third-order valence-corrected chi connectivity index (χ3v) is 19.3. The Morgan fingerprint density at radius 2 is 0.650 bits per heavy atom. The number of amides is 2. The molecule has 0 fully saturated rings. The Bertz CT molecular complexity index is 874. The molecule has 336 valence electrons. The number of rotatable bonds is 28. The molecular weight excluding hydrogens is 1180 g/mol. The Morgan fingerprint density at radius 3 is 0.867 bits per heavy atom. The number of carbonyl (C=O) groups excluding carboxylic acids is 1. The van der Waals surface area contributed by atoms with Gasteiger partial charge in [-0.2, -0.15) is 93.6 Å². The molecule has 0 bridgehead atoms. The van der Waals surface area contributed by atoms with Crippen molar-refractivity contribution >= 4 is 195 Å². The second-order valence-corrected chi connectivity index (χ2v) is 22.4. The van der Waals surface area contributed by atoms with Crippen LogP contribution >= 0.6 is 118 Å². The zero-order valence-corrected chi connectivity index (χ0v) is 58.9. The zero-order valence-electron chi connectivity index (χ0n) is 34.5. The van der Waals surface area contributed by atoms with Gasteiger partial charge in [0.25, 0.3) is 0 Å². The molecule has 0 spiro atoms. The molecule has 0 rings (SSSR count). The molecule has 4 atom stereocenters. The van der Waals surface area contributed by atoms with E-state index in [0.717, 1.165) is 69.0 Å². The average Bonchev–Trinajstić information content (AvgIpc) is 3.04. The first-order chi connectivity index (χ1) is 23.7. The van der Waals surface area contributed by atoms with Gasteiger partial charge in [-0.15, -0.1) is 47.0 Å². The van der Waals surface area contributed by atoms with Crippen LogP contribution in [0.5, 0.6) is 0 Å². The van der Waals surface area contributed by atoms with Crippen LogP contribution in [-0.4, -0.2) is 145 Å². The van der Waals surface area contributed by atoms with Crippen molar-refractivity contribution in [3.05, 3.63) is 21.6 Å². The molecule has 0 radical (unpaired) electrons. The maximum Gasteiger partial charge on any atom is 1.00 e. The number of thioether (sulfide) groups is 10. The third-order valence-electron chi connectivity index (χ3n) is 4.67. The summed E-state index contributed by atoms with van der Waals surface area (Å²) in [5.41, 5.74) is 29.7. The summed E-state index contributed by atoms with van der Waals surface area (Å²) in [5.74, 6) is 13.8. The van der Waals surface area contributed by atoms with Crippen LogP contribution in [0.4, 0.5) is 4.79 Å². The van der Waals surface area contributed by atoms with Crippen molar-refractivity contribution in [3.8, 4) is 0 Å². The largest absolute Gasteiger partial charge is 1.00 e. The van der Waals surface area contributed by atoms with E-state index in [1.807, 2.05) is 35.3 Å². The van der Waals surface area contributed by atoms with E-state index in [2.05, 4.69) is 11.5 Å². The van der Waals surface area contributed by atoms with Crippen molar-refractivity contribution < 1.29 is 208 Å². The number of halogens is 4. The van der Waals surface area contributed by atoms with Crippen LogP contribution < -0.4 is 232 Å². The van der Waals surface area contributed by atoms with Crippen molar-refractivity contribution in [1.82, 2.24) is 0 Å². The molecule has 0 aliphatic heterocycles. The minimum absolute atomic E-state index is 0. The van der Waals surface area contributed by atoms with Crippen molar-refractivity contribution in [3.63, 3.8) is 0 Å². The van der Waals surface area contributed by atoms with E-state index in [1.165, 1.54) is 47.0 Å². The predicted octanol–water partition coefficient (Wildman–Crippen LogP) is -23.6. The van der Waals surface area contributed by atoms with Gasteiger partial charge >= 0.3 is 154 Å². The molecule has 0 aromatic rings. The number of hydrogen-bond donors (Lipinski definition) is 6. The Hall–Kier alpha value is 8.17. The summed E-state index contributed by atoms with van der Waals surface area (Å²) in [4.78, 5) is 9.00. The second-order valence-electron chi connectivity index (χ2n) is 8.86. The molecule has 4 unspecified atom stereocenters. The van der Waals surface area contributed by atoms with E-state index in [9.17, 15) is 10.8 Å². The number of hydrogen-bond acceptors (Lipinski definition) is 16. The van der Waals surface area contributed by atoms with E-state index in [4.69, 9.17) is 89.1 Å². The molecule has 0 aromatic carbocycles. The quantitative estimate of drug-likeness (QED) is 0.0139. The zero-order chi connectivity index (χ0) is 38.6. The summed E-state index contributed by atoms with van der Waals surface area (Å²) in [6, 6.07) is -0.833. The topological polar surface area (TPSA) is 292 Å². The molecule has 0 saturated heterocycles. The van der Waals surface area contributed by atoms with Gasteiger partial charge in [0.1, 0.15) is 0 Å². The summed E-state index contributed by atoms with van der Waals surface area (Å²) < 4.78 is 0. The van der Waals surface area contributed by atoms with Crippen LogP contribution in [0.2, 0.25) is 0 Å². The SMILES string of the molecule is NC(N)=O.[Cl-].[Cl-].[Cl-].[Cl-].[N-]=C(N)SCCSC(CSCC(CSC(=[N-])N)SCCSC(=[N-])N)CSC(=[N-])N.[Na+].[Na+].[Na+].[Na+].[Na+].[OH-].[S-]CCSC(C[S-])CSCC(C[S-])SCC[S-]. The summed E-state index contributed by atoms with van der Waals surface area (Å²) in [5, 5.41) is 37.7. The van der Waals surface area contributed by atoms with E-state index in [0.29, 0.717) is 33.5 Å². The average molecular weight is 1230 g/mol. The number of amidine groups is 4. The molecule has 0 heterocycles. The number of carbonyl (C=O) groups is 1. The standard InChI is InChI=1S/C14H26N8S7.C10H22S7.CH4N2O.4ClH.5Na.H2O/c15-11(16)26-3-1-24-9(7-28-13(19)20)5-23-6-10(8-29-14(21)22)25-2-4-27-12(17)18;11-1-3-16-9(5-13)7-15-8-10(6-14)17-4-2-12;2-1(3)4;;;;;;;;;;/h9-10H,1-8H2,(H8-4,15,16,17,18,19,20,21,22);9-14H,1-8H2;(H4,2,3,4);4*1H;;;;;;1H2/q-4;;;;;;;5*+1;/p-9. The monoisotopic (exact) mass is 1220 g/mol. The Kier molecular flexibility index (Phi) is 132. The van der Waals surface area contributed by atoms with Crippen molar-refractivity contribution in [2.24, 2.45) is 34.4 Å². The van der Waals surface area contributed by atoms with E-state index in [-0.39, 0.29) is 234 Å². The molecule has 2 amide bonds. The molecule has 13 N–H and O–H groups in total. The molecule has 60 heavy (non-hydrogen) atoms. The van der Waals surface area contributed by atoms with Gasteiger partial charge in [0.2, 0.25) is 0 Å². The van der Waals surface area contributed by atoms with Crippen LogP contribution in [0.25, 0.3) is 21.6 Å². The normalized spacial score (nSPS) is 10.9. The van der Waals surface area contributed by atoms with Gasteiger partial charge in [-0.3, -0.25) is 0 Å². The van der Waals surface area contributed by atoms with Crippen molar-refractivity contribution in [2.75, 3.05) is 92.0 Å². The maximum absolute atomic E-state index is 9.25. The number of nitrogens with zero attached hydrogens (tertiary/aromatic N) is 4. The van der Waals surface area contributed by atoms with Crippen LogP contribution in [-0.2, 0) is 50.5 Å². The first-order valence-corrected chi connectivity index (χ1v) is 27.2. The van der Waals surface area contributed by atoms with Crippen molar-refractivity contribution in [2.45, 2.75) is 21.0 Å². The van der Waals surface area contributed by atoms with Gasteiger partial charge in [0.15, 0.2) is 0 Å². The molecule has 0 aliphatic rings. The van der Waals surface area contributed by atoms with Gasteiger partial charge in [-0.05, 0) is 42.7 Å². The van der Waals surface area contributed by atoms with E-state index in [1.54, 1.807) is 35.3 Å². The van der Waals surface area contributed by atoms with Gasteiger partial charge < -0.3 is 162 Å². The van der Waals surface area contributed by atoms with E-state index >= 15 is 0 Å². The third kappa shape index (κ3) is 89.1. The molecule has 35 heteroatoms. The molecule has 0 saturated carbocycles. The molecular formula is C25H49Cl4N10Na5O2S14-8. The summed E-state index contributed by atoms with van der Waals surface area (Å²) >= 11 is 36.2. The summed E-state index contributed by atoms with van der Waals surface area (Å²) in [7, 11) is 0. The summed E-state index contributed by atoms with van der Waals surface area (Å²) in [6.45, 7) is 0. The maximum atomic E-state index is 9.25. The number of primary amides is 2. The molecule has 0 aromatic heterocycles. The Labute approximate surface area is 560 Å². The van der Waals surface area contributed by atoms with Crippen LogP contribution in [0, 0.1) is 0 Å². The van der Waals surface area contributed by atoms with Crippen LogP contribution in [0.15, 0.2) is 0 Å². The van der Waals surface area contributed by atoms with Crippen LogP contribution in [0.3, 0.4) is 0 Å². The minimum atomic E-state index is -0.833. The number of urea groups is 1. The fourth-order valence-electron chi connectivity index (χ4n) is 2.75. The first-order valence-electron chi connectivity index (χ1n) is 14.5. The predicted molar refractivity (Wildman–Crippen MR) is 264 cm³/mol. The fourth-order valence-corrected chi connectivity index (χ4v) is 14.9. The fraction of sp³-hybridized carbons (Fsp3) is 0.800. The summed E-state index contributed by atoms with van der Waals surface area (Å²) in [6.07, 6.45) is 0. The number of nitrogens with two attached hydrogens (primary N) is 6. The van der Waals surface area contributed by atoms with Gasteiger partial charge in [-0.25, -0.2) is 4.79 Å². The molecule has 12 nitrogen and oxygen atoms in total. The van der Waals surface area contributed by atoms with E-state index < -0.39 is 6.03 Å². The van der Waals surface area contributed by atoms with Crippen LogP contribution in [0.1, 0.15) is 0 Å². The Morgan fingerprint density at radius 1 is 0.417 bits per heavy atom. The van der Waals surface area contributed by atoms with Gasteiger partial charge in [0.05, 0.1) is 0 Å². The second kappa shape index (κ2) is 78.6. The van der Waals surface area contributed by atoms with Gasteiger partial charge in [0, 0.05) is 68.0 Å². The Balaban J connectivity index is -0.0000000568. The smallest absolute Gasteiger partial charge is 1.00 e. The first kappa shape index (κ1) is 101. The molecule has 0 aliphatic carbocycles. The minimum Gasteiger partial charge on any atom is -1.00 e. The van der Waals surface area contributed by atoms with Crippen molar-refractivity contribution in [1.29, 1.82) is 0 Å².